The third-order valence-electron chi connectivity index (χ3n) is 2.91. The van der Waals surface area contributed by atoms with Gasteiger partial charge >= 0.3 is 0 Å². The van der Waals surface area contributed by atoms with Crippen molar-refractivity contribution in [2.45, 2.75) is 44.8 Å². The smallest absolute Gasteiger partial charge is 0.0621 e. The lowest BCUT2D eigenvalue weighted by Crippen LogP contribution is -2.33. The van der Waals surface area contributed by atoms with Gasteiger partial charge in [0.15, 0.2) is 0 Å². The fourth-order valence-corrected chi connectivity index (χ4v) is 3.10. The van der Waals surface area contributed by atoms with Crippen LogP contribution in [0.5, 0.6) is 0 Å². The molecule has 1 N–H and O–H groups in total. The maximum atomic E-state index is 8.55. The summed E-state index contributed by atoms with van der Waals surface area (Å²) < 4.78 is 0. The van der Waals surface area contributed by atoms with E-state index in [0.717, 1.165) is 24.8 Å². The number of hydrogen-bond acceptors (Lipinski definition) is 3. The van der Waals surface area contributed by atoms with Crippen LogP contribution in [0.1, 0.15) is 39.5 Å². The highest BCUT2D eigenvalue weighted by Gasteiger charge is 2.19. The molecule has 0 saturated carbocycles. The summed E-state index contributed by atoms with van der Waals surface area (Å²) in [5.74, 6) is 1.34. The Balaban J connectivity index is 2.09. The molecule has 0 spiro atoms. The summed E-state index contributed by atoms with van der Waals surface area (Å²) in [6.07, 6.45) is 4.42. The maximum Gasteiger partial charge on any atom is 0.0621 e. The summed E-state index contributed by atoms with van der Waals surface area (Å²) in [5.41, 5.74) is 0.263. The van der Waals surface area contributed by atoms with Crippen molar-refractivity contribution in [3.63, 3.8) is 0 Å². The SMILES string of the molecule is CC(C)(CCC#N)CNCC1CCCS1. The van der Waals surface area contributed by atoms with Crippen molar-refractivity contribution in [3.05, 3.63) is 0 Å². The zero-order chi connectivity index (χ0) is 11.1. The molecule has 0 radical (unpaired) electrons. The molecule has 1 atom stereocenters. The third kappa shape index (κ3) is 5.44. The molecule has 0 amide bonds. The number of rotatable bonds is 6. The van der Waals surface area contributed by atoms with Crippen LogP contribution in [0, 0.1) is 16.7 Å². The van der Waals surface area contributed by atoms with Crippen LogP contribution < -0.4 is 5.32 Å². The molecule has 1 fully saturated rings. The molecule has 1 rings (SSSR count). The Bertz CT molecular complexity index is 214. The first-order chi connectivity index (χ1) is 7.14. The summed E-state index contributed by atoms with van der Waals surface area (Å²) in [6.45, 7) is 6.64. The summed E-state index contributed by atoms with van der Waals surface area (Å²) in [6, 6.07) is 2.22. The van der Waals surface area contributed by atoms with E-state index in [0.29, 0.717) is 6.42 Å². The van der Waals surface area contributed by atoms with Crippen LogP contribution in [-0.4, -0.2) is 24.1 Å². The summed E-state index contributed by atoms with van der Waals surface area (Å²) in [4.78, 5) is 0. The molecule has 0 aromatic rings. The van der Waals surface area contributed by atoms with Gasteiger partial charge < -0.3 is 5.32 Å². The minimum Gasteiger partial charge on any atom is -0.315 e. The van der Waals surface area contributed by atoms with Gasteiger partial charge in [0.25, 0.3) is 0 Å². The molecule has 0 aromatic heterocycles. The van der Waals surface area contributed by atoms with Crippen molar-refractivity contribution in [1.82, 2.24) is 5.32 Å². The van der Waals surface area contributed by atoms with Gasteiger partial charge in [-0.15, -0.1) is 0 Å². The standard InChI is InChI=1S/C12H22N2S/c1-12(2,6-4-7-13)10-14-9-11-5-3-8-15-11/h11,14H,3-6,8-10H2,1-2H3. The van der Waals surface area contributed by atoms with Gasteiger partial charge in [0.2, 0.25) is 0 Å². The Morgan fingerprint density at radius 2 is 2.33 bits per heavy atom. The molecule has 1 heterocycles. The van der Waals surface area contributed by atoms with Gasteiger partial charge in [0.1, 0.15) is 0 Å². The van der Waals surface area contributed by atoms with Crippen molar-refractivity contribution in [2.24, 2.45) is 5.41 Å². The second-order valence-corrected chi connectivity index (χ2v) is 6.50. The topological polar surface area (TPSA) is 35.8 Å². The van der Waals surface area contributed by atoms with Crippen molar-refractivity contribution < 1.29 is 0 Å². The molecule has 0 bridgehead atoms. The van der Waals surface area contributed by atoms with Gasteiger partial charge in [-0.3, -0.25) is 0 Å². The summed E-state index contributed by atoms with van der Waals surface area (Å²) in [7, 11) is 0. The molecule has 1 saturated heterocycles. The average molecular weight is 226 g/mol. The number of nitriles is 1. The molecule has 86 valence electrons. The number of thioether (sulfide) groups is 1. The Morgan fingerprint density at radius 1 is 1.53 bits per heavy atom. The molecule has 1 unspecified atom stereocenters. The predicted octanol–water partition coefficient (Wildman–Crippen LogP) is 2.80. The molecule has 2 nitrogen and oxygen atoms in total. The Morgan fingerprint density at radius 3 is 2.93 bits per heavy atom. The summed E-state index contributed by atoms with van der Waals surface area (Å²) in [5, 5.41) is 12.9. The molecule has 0 aromatic carbocycles. The zero-order valence-corrected chi connectivity index (χ0v) is 10.7. The van der Waals surface area contributed by atoms with Crippen LogP contribution in [0.25, 0.3) is 0 Å². The van der Waals surface area contributed by atoms with Crippen molar-refractivity contribution in [1.29, 1.82) is 5.26 Å². The third-order valence-corrected chi connectivity index (χ3v) is 4.31. The average Bonchev–Trinajstić information content (AvgIpc) is 2.67. The van der Waals surface area contributed by atoms with Crippen molar-refractivity contribution in [2.75, 3.05) is 18.8 Å². The highest BCUT2D eigenvalue weighted by molar-refractivity contribution is 8.00. The molecule has 1 aliphatic heterocycles. The Labute approximate surface area is 97.8 Å². The van der Waals surface area contributed by atoms with E-state index in [4.69, 9.17) is 5.26 Å². The highest BCUT2D eigenvalue weighted by Crippen LogP contribution is 2.26. The second-order valence-electron chi connectivity index (χ2n) is 5.09. The Kier molecular flexibility index (Phi) is 5.49. The van der Waals surface area contributed by atoms with E-state index < -0.39 is 0 Å². The normalized spacial score (nSPS) is 21.5. The van der Waals surface area contributed by atoms with E-state index >= 15 is 0 Å². The van der Waals surface area contributed by atoms with Crippen LogP contribution in [0.3, 0.4) is 0 Å². The van der Waals surface area contributed by atoms with Gasteiger partial charge in [0, 0.05) is 24.8 Å². The molecular weight excluding hydrogens is 204 g/mol. The van der Waals surface area contributed by atoms with E-state index in [1.165, 1.54) is 18.6 Å². The fourth-order valence-electron chi connectivity index (χ4n) is 1.86. The van der Waals surface area contributed by atoms with Gasteiger partial charge in [-0.05, 0) is 30.4 Å². The Hall–Kier alpha value is -0.200. The van der Waals surface area contributed by atoms with Crippen LogP contribution in [-0.2, 0) is 0 Å². The van der Waals surface area contributed by atoms with Gasteiger partial charge in [0.05, 0.1) is 6.07 Å². The zero-order valence-electron chi connectivity index (χ0n) is 9.88. The first kappa shape index (κ1) is 12.9. The first-order valence-corrected chi connectivity index (χ1v) is 6.88. The van der Waals surface area contributed by atoms with Crippen molar-refractivity contribution >= 4 is 11.8 Å². The van der Waals surface area contributed by atoms with Crippen LogP contribution in [0.4, 0.5) is 0 Å². The predicted molar refractivity (Wildman–Crippen MR) is 67.0 cm³/mol. The monoisotopic (exact) mass is 226 g/mol. The second kappa shape index (κ2) is 6.40. The molecule has 15 heavy (non-hydrogen) atoms. The van der Waals surface area contributed by atoms with Gasteiger partial charge in [-0.25, -0.2) is 0 Å². The molecular formula is C12H22N2S. The lowest BCUT2D eigenvalue weighted by Gasteiger charge is -2.24. The maximum absolute atomic E-state index is 8.55. The molecule has 3 heteroatoms. The van der Waals surface area contributed by atoms with Crippen LogP contribution in [0.15, 0.2) is 0 Å². The largest absolute Gasteiger partial charge is 0.315 e. The van der Waals surface area contributed by atoms with Crippen LogP contribution >= 0.6 is 11.8 Å². The quantitative estimate of drug-likeness (QED) is 0.756. The van der Waals surface area contributed by atoms with E-state index in [2.05, 4.69) is 37.0 Å². The lowest BCUT2D eigenvalue weighted by atomic mass is 9.88. The van der Waals surface area contributed by atoms with E-state index in [-0.39, 0.29) is 5.41 Å². The van der Waals surface area contributed by atoms with E-state index in [1.807, 2.05) is 0 Å². The van der Waals surface area contributed by atoms with Crippen molar-refractivity contribution in [3.8, 4) is 6.07 Å². The first-order valence-electron chi connectivity index (χ1n) is 5.83. The minimum absolute atomic E-state index is 0.263. The highest BCUT2D eigenvalue weighted by atomic mass is 32.2. The number of nitrogens with one attached hydrogen (secondary N) is 1. The van der Waals surface area contributed by atoms with E-state index in [1.54, 1.807) is 0 Å². The lowest BCUT2D eigenvalue weighted by molar-refractivity contribution is 0.318. The summed E-state index contributed by atoms with van der Waals surface area (Å²) >= 11 is 2.10. The number of hydrogen-bond donors (Lipinski definition) is 1. The fraction of sp³-hybridized carbons (Fsp3) is 0.917. The molecule has 0 aliphatic carbocycles. The van der Waals surface area contributed by atoms with Gasteiger partial charge in [-0.2, -0.15) is 17.0 Å². The van der Waals surface area contributed by atoms with Gasteiger partial charge in [-0.1, -0.05) is 13.8 Å². The van der Waals surface area contributed by atoms with E-state index in [9.17, 15) is 0 Å². The minimum atomic E-state index is 0.263. The number of nitrogens with zero attached hydrogens (tertiary/aromatic N) is 1. The molecule has 1 aliphatic rings. The van der Waals surface area contributed by atoms with Crippen LogP contribution in [0.2, 0.25) is 0 Å².